The molecule has 0 aromatic carbocycles. The van der Waals surface area contributed by atoms with Crippen LogP contribution < -0.4 is 10.2 Å². The van der Waals surface area contributed by atoms with E-state index in [4.69, 9.17) is 0 Å². The number of unbranched alkanes of at least 4 members (excludes halogenated alkanes) is 7. The third kappa shape index (κ3) is 18.3. The summed E-state index contributed by atoms with van der Waals surface area (Å²) in [6.07, 6.45) is 7.88. The zero-order valence-corrected chi connectivity index (χ0v) is 14.4. The van der Waals surface area contributed by atoms with Crippen LogP contribution in [0.25, 0.3) is 0 Å². The molecule has 0 rings (SSSR count). The Hall–Kier alpha value is -0.261. The fourth-order valence-electron chi connectivity index (χ4n) is 1.60. The second-order valence-electron chi connectivity index (χ2n) is 4.07. The van der Waals surface area contributed by atoms with E-state index in [0.717, 1.165) is 38.5 Å². The molecular weight excluding hydrogens is 327 g/mol. The molecule has 17 heavy (non-hydrogen) atoms. The Morgan fingerprint density at radius 1 is 0.588 bits per heavy atom. The van der Waals surface area contributed by atoms with Crippen LogP contribution in [0.5, 0.6) is 0 Å². The van der Waals surface area contributed by atoms with E-state index in [0.29, 0.717) is 12.8 Å². The van der Waals surface area contributed by atoms with Gasteiger partial charge in [0.2, 0.25) is 0 Å². The Kier molecular flexibility index (Phi) is 15.5. The molecule has 5 heteroatoms. The van der Waals surface area contributed by atoms with Crippen LogP contribution in [0.1, 0.15) is 64.2 Å². The van der Waals surface area contributed by atoms with Gasteiger partial charge in [0.25, 0.3) is 0 Å². The Labute approximate surface area is 120 Å². The molecule has 0 aliphatic heterocycles. The van der Waals surface area contributed by atoms with Crippen molar-refractivity contribution in [1.82, 2.24) is 0 Å². The average Bonchev–Trinajstić information content (AvgIpc) is 2.20. The summed E-state index contributed by atoms with van der Waals surface area (Å²) >= 11 is 0. The molecule has 0 unspecified atom stereocenters. The molecule has 0 saturated heterocycles. The van der Waals surface area contributed by atoms with Gasteiger partial charge in [-0.25, -0.2) is 0 Å². The van der Waals surface area contributed by atoms with Crippen molar-refractivity contribution in [2.45, 2.75) is 64.2 Å². The molecule has 0 amide bonds. The van der Waals surface area contributed by atoms with Crippen LogP contribution in [0, 0.1) is 0 Å². The van der Waals surface area contributed by atoms with Crippen molar-refractivity contribution >= 4 is 35.8 Å². The first-order valence-corrected chi connectivity index (χ1v) is 6.02. The Balaban J connectivity index is 0. The Morgan fingerprint density at radius 3 is 1.06 bits per heavy atom. The SMILES string of the molecule is O=C([O-])CCCCCCCCCCC(=O)[O-].[SnH2+2]. The second kappa shape index (κ2) is 13.8. The van der Waals surface area contributed by atoms with Crippen molar-refractivity contribution in [3.63, 3.8) is 0 Å². The van der Waals surface area contributed by atoms with Crippen LogP contribution in [-0.4, -0.2) is 35.8 Å². The minimum atomic E-state index is -0.970. The number of aliphatic carboxylic acids is 2. The quantitative estimate of drug-likeness (QED) is 0.371. The first-order valence-electron chi connectivity index (χ1n) is 6.02. The van der Waals surface area contributed by atoms with E-state index in [2.05, 4.69) is 0 Å². The zero-order chi connectivity index (χ0) is 12.2. The molecule has 0 N–H and O–H groups in total. The number of hydrogen-bond donors (Lipinski definition) is 0. The van der Waals surface area contributed by atoms with E-state index in [-0.39, 0.29) is 36.7 Å². The summed E-state index contributed by atoms with van der Waals surface area (Å²) in [4.78, 5) is 20.2. The number of carboxylic acid groups (broad SMARTS) is 2. The first kappa shape index (κ1) is 19.1. The Bertz CT molecular complexity index is 185. The van der Waals surface area contributed by atoms with Crippen LogP contribution in [0.3, 0.4) is 0 Å². The summed E-state index contributed by atoms with van der Waals surface area (Å²) in [6.45, 7) is 0. The molecule has 98 valence electrons. The summed E-state index contributed by atoms with van der Waals surface area (Å²) < 4.78 is 0. The monoisotopic (exact) mass is 350 g/mol. The van der Waals surface area contributed by atoms with E-state index in [1.54, 1.807) is 0 Å². The van der Waals surface area contributed by atoms with Gasteiger partial charge in [0.15, 0.2) is 0 Å². The second-order valence-corrected chi connectivity index (χ2v) is 4.07. The van der Waals surface area contributed by atoms with Crippen molar-refractivity contribution < 1.29 is 19.8 Å². The fourth-order valence-corrected chi connectivity index (χ4v) is 1.60. The molecule has 0 bridgehead atoms. The Morgan fingerprint density at radius 2 is 0.824 bits per heavy atom. The standard InChI is InChI=1S/C12H22O4.Sn.2H/c13-11(14)9-7-5-3-1-2-4-6-8-10-12(15)16;;;/h1-10H2,(H,13,14)(H,15,16);;;/q;+2;;/p-2. The summed E-state index contributed by atoms with van der Waals surface area (Å²) in [7, 11) is 0. The molecule has 0 spiro atoms. The molecular formula is C12H22O4Sn. The predicted octanol–water partition coefficient (Wildman–Crippen LogP) is -0.529. The van der Waals surface area contributed by atoms with E-state index in [1.807, 2.05) is 0 Å². The number of rotatable bonds is 11. The topological polar surface area (TPSA) is 80.3 Å². The summed E-state index contributed by atoms with van der Waals surface area (Å²) in [5.41, 5.74) is 0. The normalized spacial score (nSPS) is 9.65. The van der Waals surface area contributed by atoms with Crippen molar-refractivity contribution in [2.24, 2.45) is 0 Å². The van der Waals surface area contributed by atoms with Crippen LogP contribution in [0.4, 0.5) is 0 Å². The van der Waals surface area contributed by atoms with Crippen molar-refractivity contribution in [3.8, 4) is 0 Å². The number of hydrogen-bond acceptors (Lipinski definition) is 4. The summed E-state index contributed by atoms with van der Waals surface area (Å²) in [6, 6.07) is 0. The number of carboxylic acids is 2. The van der Waals surface area contributed by atoms with Gasteiger partial charge >= 0.3 is 23.9 Å². The molecule has 0 atom stereocenters. The zero-order valence-electron chi connectivity index (χ0n) is 10.4. The van der Waals surface area contributed by atoms with Gasteiger partial charge in [-0.15, -0.1) is 0 Å². The van der Waals surface area contributed by atoms with Crippen molar-refractivity contribution in [2.75, 3.05) is 0 Å². The molecule has 0 aliphatic carbocycles. The molecule has 0 saturated carbocycles. The van der Waals surface area contributed by atoms with Crippen LogP contribution in [0.15, 0.2) is 0 Å². The van der Waals surface area contributed by atoms with Gasteiger partial charge in [0.05, 0.1) is 0 Å². The molecule has 0 aromatic heterocycles. The predicted molar refractivity (Wildman–Crippen MR) is 64.7 cm³/mol. The number of carbonyl (C=O) groups excluding carboxylic acids is 2. The molecule has 0 fully saturated rings. The first-order chi connectivity index (χ1) is 7.63. The van der Waals surface area contributed by atoms with E-state index in [1.165, 1.54) is 0 Å². The van der Waals surface area contributed by atoms with Gasteiger partial charge in [-0.3, -0.25) is 0 Å². The van der Waals surface area contributed by atoms with Gasteiger partial charge < -0.3 is 19.8 Å². The van der Waals surface area contributed by atoms with Crippen LogP contribution in [-0.2, 0) is 9.59 Å². The van der Waals surface area contributed by atoms with E-state index < -0.39 is 11.9 Å². The van der Waals surface area contributed by atoms with Crippen LogP contribution >= 0.6 is 0 Å². The van der Waals surface area contributed by atoms with E-state index >= 15 is 0 Å². The third-order valence-corrected chi connectivity index (χ3v) is 2.51. The average molecular weight is 349 g/mol. The maximum absolute atomic E-state index is 10.1. The van der Waals surface area contributed by atoms with Gasteiger partial charge in [0.1, 0.15) is 0 Å². The van der Waals surface area contributed by atoms with Gasteiger partial charge in [-0.05, 0) is 25.7 Å². The minimum absolute atomic E-state index is 0. The van der Waals surface area contributed by atoms with Gasteiger partial charge in [-0.1, -0.05) is 38.5 Å². The van der Waals surface area contributed by atoms with E-state index in [9.17, 15) is 19.8 Å². The molecule has 0 heterocycles. The summed E-state index contributed by atoms with van der Waals surface area (Å²) in [5, 5.41) is 20.2. The third-order valence-electron chi connectivity index (χ3n) is 2.51. The molecule has 0 aliphatic rings. The van der Waals surface area contributed by atoms with Crippen molar-refractivity contribution in [1.29, 1.82) is 0 Å². The van der Waals surface area contributed by atoms with Crippen LogP contribution in [0.2, 0.25) is 0 Å². The van der Waals surface area contributed by atoms with Gasteiger partial charge in [0, 0.05) is 11.9 Å². The fraction of sp³-hybridized carbons (Fsp3) is 0.833. The van der Waals surface area contributed by atoms with Crippen molar-refractivity contribution in [3.05, 3.63) is 0 Å². The molecule has 0 radical (unpaired) electrons. The summed E-state index contributed by atoms with van der Waals surface area (Å²) in [5.74, 6) is -1.94. The van der Waals surface area contributed by atoms with Gasteiger partial charge in [-0.2, -0.15) is 0 Å². The maximum atomic E-state index is 10.1. The molecule has 0 aromatic rings. The number of carbonyl (C=O) groups is 2. The molecule has 4 nitrogen and oxygen atoms in total.